The van der Waals surface area contributed by atoms with Gasteiger partial charge in [-0.25, -0.2) is 0 Å². The van der Waals surface area contributed by atoms with Crippen molar-refractivity contribution in [3.05, 3.63) is 99.0 Å². The minimum Gasteiger partial charge on any atom is -0.507 e. The average molecular weight is 546 g/mol. The molecule has 1 N–H and O–H groups in total. The first-order chi connectivity index (χ1) is 16.5. The van der Waals surface area contributed by atoms with Gasteiger partial charge in [-0.2, -0.15) is 13.2 Å². The second kappa shape index (κ2) is 9.22. The number of halogens is 4. The van der Waals surface area contributed by atoms with Gasteiger partial charge in [0.1, 0.15) is 11.5 Å². The third-order valence-electron chi connectivity index (χ3n) is 5.80. The van der Waals surface area contributed by atoms with Crippen LogP contribution < -0.4 is 9.64 Å². The maximum Gasteiger partial charge on any atom is 0.416 e. The highest BCUT2D eigenvalue weighted by Crippen LogP contribution is 2.44. The van der Waals surface area contributed by atoms with Gasteiger partial charge in [0.15, 0.2) is 0 Å². The summed E-state index contributed by atoms with van der Waals surface area (Å²) in [6, 6.07) is 14.6. The highest BCUT2D eigenvalue weighted by molar-refractivity contribution is 9.10. The fourth-order valence-corrected chi connectivity index (χ4v) is 4.63. The zero-order chi connectivity index (χ0) is 25.5. The predicted octanol–water partition coefficient (Wildman–Crippen LogP) is 6.41. The van der Waals surface area contributed by atoms with E-state index in [1.807, 2.05) is 0 Å². The van der Waals surface area contributed by atoms with Crippen LogP contribution >= 0.6 is 15.9 Å². The fourth-order valence-electron chi connectivity index (χ4n) is 4.09. The molecule has 35 heavy (non-hydrogen) atoms. The van der Waals surface area contributed by atoms with Gasteiger partial charge in [-0.1, -0.05) is 30.3 Å². The molecule has 1 saturated heterocycles. The molecule has 3 aromatic carbocycles. The van der Waals surface area contributed by atoms with E-state index in [9.17, 15) is 27.9 Å². The molecule has 1 amide bonds. The molecule has 4 rings (SSSR count). The fraction of sp³-hybridized carbons (Fsp3) is 0.154. The Labute approximate surface area is 207 Å². The predicted molar refractivity (Wildman–Crippen MR) is 128 cm³/mol. The molecule has 0 spiro atoms. The average Bonchev–Trinajstić information content (AvgIpc) is 3.08. The summed E-state index contributed by atoms with van der Waals surface area (Å²) in [7, 11) is 1.47. The Balaban J connectivity index is 1.97. The number of carbonyl (C=O) groups excluding carboxylic acids is 2. The number of Topliss-reactive ketones (excluding diaryl/α,β-unsaturated/α-hetero) is 1. The quantitative estimate of drug-likeness (QED) is 0.233. The Hall–Kier alpha value is -3.59. The first-order valence-electron chi connectivity index (χ1n) is 10.4. The Kier molecular flexibility index (Phi) is 6.46. The lowest BCUT2D eigenvalue weighted by Gasteiger charge is -2.27. The van der Waals surface area contributed by atoms with E-state index in [0.29, 0.717) is 21.3 Å². The first-order valence-corrected chi connectivity index (χ1v) is 11.2. The van der Waals surface area contributed by atoms with Gasteiger partial charge in [-0.3, -0.25) is 14.5 Å². The molecule has 9 heteroatoms. The van der Waals surface area contributed by atoms with Crippen LogP contribution in [0.3, 0.4) is 0 Å². The van der Waals surface area contributed by atoms with E-state index < -0.39 is 35.2 Å². The van der Waals surface area contributed by atoms with Crippen molar-refractivity contribution < 1.29 is 32.6 Å². The molecule has 1 aliphatic rings. The van der Waals surface area contributed by atoms with Gasteiger partial charge < -0.3 is 9.84 Å². The van der Waals surface area contributed by atoms with E-state index in [2.05, 4.69) is 15.9 Å². The van der Waals surface area contributed by atoms with Crippen LogP contribution in [0.25, 0.3) is 5.76 Å². The lowest BCUT2D eigenvalue weighted by molar-refractivity contribution is -0.137. The number of carbonyl (C=O) groups is 2. The monoisotopic (exact) mass is 545 g/mol. The van der Waals surface area contributed by atoms with E-state index in [-0.39, 0.29) is 16.8 Å². The second-order valence-electron chi connectivity index (χ2n) is 7.92. The van der Waals surface area contributed by atoms with E-state index >= 15 is 0 Å². The van der Waals surface area contributed by atoms with E-state index in [1.54, 1.807) is 37.3 Å². The van der Waals surface area contributed by atoms with Crippen molar-refractivity contribution in [2.45, 2.75) is 19.1 Å². The SMILES string of the molecule is COc1ccc(/C(O)=C2\C(=O)C(=O)N(c3cccc(C(F)(F)F)c3)C2c2ccccc2C)cc1Br. The molecule has 0 saturated carbocycles. The highest BCUT2D eigenvalue weighted by atomic mass is 79.9. The molecule has 3 aromatic rings. The highest BCUT2D eigenvalue weighted by Gasteiger charge is 2.47. The third-order valence-corrected chi connectivity index (χ3v) is 6.42. The summed E-state index contributed by atoms with van der Waals surface area (Å²) in [6.45, 7) is 1.76. The molecule has 1 unspecified atom stereocenters. The van der Waals surface area contributed by atoms with Gasteiger partial charge in [0, 0.05) is 11.3 Å². The van der Waals surface area contributed by atoms with Gasteiger partial charge in [-0.15, -0.1) is 0 Å². The molecule has 1 heterocycles. The van der Waals surface area contributed by atoms with Crippen molar-refractivity contribution in [1.29, 1.82) is 0 Å². The number of amides is 1. The molecule has 5 nitrogen and oxygen atoms in total. The summed E-state index contributed by atoms with van der Waals surface area (Å²) in [5.41, 5.74) is 0.137. The Bertz CT molecular complexity index is 1370. The zero-order valence-electron chi connectivity index (χ0n) is 18.6. The molecule has 1 atom stereocenters. The maximum absolute atomic E-state index is 13.4. The molecule has 1 fully saturated rings. The van der Waals surface area contributed by atoms with Crippen LogP contribution in [0.1, 0.15) is 28.3 Å². The van der Waals surface area contributed by atoms with E-state index in [0.717, 1.165) is 17.0 Å². The minimum absolute atomic E-state index is 0.106. The van der Waals surface area contributed by atoms with Crippen molar-refractivity contribution in [3.63, 3.8) is 0 Å². The number of ketones is 1. The van der Waals surface area contributed by atoms with E-state index in [4.69, 9.17) is 4.74 Å². The van der Waals surface area contributed by atoms with Crippen LogP contribution in [0.2, 0.25) is 0 Å². The number of aryl methyl sites for hydroxylation is 1. The van der Waals surface area contributed by atoms with Gasteiger partial charge in [0.05, 0.1) is 28.8 Å². The molecule has 0 radical (unpaired) electrons. The van der Waals surface area contributed by atoms with Crippen LogP contribution in [0.4, 0.5) is 18.9 Å². The number of hydrogen-bond donors (Lipinski definition) is 1. The van der Waals surface area contributed by atoms with Gasteiger partial charge >= 0.3 is 6.18 Å². The molecule has 0 aliphatic carbocycles. The number of aliphatic hydroxyl groups is 1. The van der Waals surface area contributed by atoms with Crippen LogP contribution in [-0.4, -0.2) is 23.9 Å². The first kappa shape index (κ1) is 24.5. The number of aliphatic hydroxyl groups excluding tert-OH is 1. The van der Waals surface area contributed by atoms with Crippen LogP contribution in [0, 0.1) is 6.92 Å². The summed E-state index contributed by atoms with van der Waals surface area (Å²) in [4.78, 5) is 27.4. The minimum atomic E-state index is -4.64. The number of rotatable bonds is 4. The molecule has 180 valence electrons. The molecular formula is C26H19BrF3NO4. The lowest BCUT2D eigenvalue weighted by atomic mass is 9.92. The summed E-state index contributed by atoms with van der Waals surface area (Å²) in [6.07, 6.45) is -4.64. The van der Waals surface area contributed by atoms with Crippen LogP contribution in [0.5, 0.6) is 5.75 Å². The van der Waals surface area contributed by atoms with Gasteiger partial charge in [0.25, 0.3) is 11.7 Å². The number of benzene rings is 3. The number of anilines is 1. The Morgan fingerprint density at radius 3 is 2.37 bits per heavy atom. The Morgan fingerprint density at radius 2 is 1.74 bits per heavy atom. The van der Waals surface area contributed by atoms with Crippen molar-refractivity contribution in [2.75, 3.05) is 12.0 Å². The number of ether oxygens (including phenoxy) is 1. The van der Waals surface area contributed by atoms with Gasteiger partial charge in [0.2, 0.25) is 0 Å². The number of alkyl halides is 3. The normalized spacial score (nSPS) is 17.7. The van der Waals surface area contributed by atoms with Crippen molar-refractivity contribution in [1.82, 2.24) is 0 Å². The van der Waals surface area contributed by atoms with Crippen molar-refractivity contribution in [2.24, 2.45) is 0 Å². The molecule has 0 bridgehead atoms. The summed E-state index contributed by atoms with van der Waals surface area (Å²) in [5.74, 6) is -2.00. The van der Waals surface area contributed by atoms with Crippen LogP contribution in [0.15, 0.2) is 76.8 Å². The summed E-state index contributed by atoms with van der Waals surface area (Å²) >= 11 is 3.33. The number of methoxy groups -OCH3 is 1. The zero-order valence-corrected chi connectivity index (χ0v) is 20.1. The number of hydrogen-bond acceptors (Lipinski definition) is 4. The Morgan fingerprint density at radius 1 is 1.03 bits per heavy atom. The molecule has 1 aliphatic heterocycles. The lowest BCUT2D eigenvalue weighted by Crippen LogP contribution is -2.30. The topological polar surface area (TPSA) is 66.8 Å². The summed E-state index contributed by atoms with van der Waals surface area (Å²) < 4.78 is 45.9. The number of nitrogens with zero attached hydrogens (tertiary/aromatic N) is 1. The van der Waals surface area contributed by atoms with Crippen molar-refractivity contribution >= 4 is 39.1 Å². The smallest absolute Gasteiger partial charge is 0.416 e. The third kappa shape index (κ3) is 4.43. The molecular weight excluding hydrogens is 527 g/mol. The second-order valence-corrected chi connectivity index (χ2v) is 8.78. The largest absolute Gasteiger partial charge is 0.507 e. The van der Waals surface area contributed by atoms with Gasteiger partial charge in [-0.05, 0) is 70.4 Å². The van der Waals surface area contributed by atoms with E-state index in [1.165, 1.54) is 31.4 Å². The van der Waals surface area contributed by atoms with Crippen molar-refractivity contribution in [3.8, 4) is 5.75 Å². The standard InChI is InChI=1S/C26H19BrF3NO4/c1-14-6-3-4-9-18(14)22-21(23(32)15-10-11-20(35-2)19(27)12-15)24(33)25(34)31(22)17-8-5-7-16(13-17)26(28,29)30/h3-13,22,32H,1-2H3/b23-21+. The summed E-state index contributed by atoms with van der Waals surface area (Å²) in [5, 5.41) is 11.2. The molecule has 0 aromatic heterocycles. The van der Waals surface area contributed by atoms with Crippen LogP contribution in [-0.2, 0) is 15.8 Å². The maximum atomic E-state index is 13.4.